The highest BCUT2D eigenvalue weighted by atomic mass is 19.1. The van der Waals surface area contributed by atoms with E-state index in [0.717, 1.165) is 50.1 Å². The van der Waals surface area contributed by atoms with Crippen molar-refractivity contribution in [3.63, 3.8) is 0 Å². The number of hydrogen-bond donors (Lipinski definition) is 0. The molecule has 2 aliphatic rings. The minimum atomic E-state index is -0.221. The fraction of sp³-hybridized carbons (Fsp3) is 0.0980. The highest BCUT2D eigenvalue weighted by Gasteiger charge is 2.45. The van der Waals surface area contributed by atoms with Crippen LogP contribution in [-0.4, -0.2) is 0 Å². The number of halogens is 1. The third-order valence-electron chi connectivity index (χ3n) is 11.7. The molecule has 0 atom stereocenters. The van der Waals surface area contributed by atoms with E-state index in [1.54, 1.807) is 12.1 Å². The zero-order valence-corrected chi connectivity index (χ0v) is 29.5. The van der Waals surface area contributed by atoms with E-state index in [4.69, 9.17) is 0 Å². The first-order valence-electron chi connectivity index (χ1n) is 18.8. The maximum absolute atomic E-state index is 15.5. The minimum Gasteiger partial charge on any atom is -0.309 e. The third-order valence-corrected chi connectivity index (χ3v) is 11.7. The molecule has 0 N–H and O–H groups in total. The smallest absolute Gasteiger partial charge is 0.131 e. The first kappa shape index (κ1) is 31.5. The summed E-state index contributed by atoms with van der Waals surface area (Å²) in [4.78, 5) is 2.47. The van der Waals surface area contributed by atoms with Crippen LogP contribution in [0.15, 0.2) is 182 Å². The minimum absolute atomic E-state index is 0.0381. The van der Waals surface area contributed by atoms with E-state index in [-0.39, 0.29) is 11.2 Å². The molecule has 1 saturated carbocycles. The molecule has 8 aromatic rings. The van der Waals surface area contributed by atoms with Gasteiger partial charge in [0.2, 0.25) is 0 Å². The predicted octanol–water partition coefficient (Wildman–Crippen LogP) is 14.3. The van der Waals surface area contributed by atoms with Crippen molar-refractivity contribution in [3.05, 3.63) is 199 Å². The fourth-order valence-electron chi connectivity index (χ4n) is 9.40. The van der Waals surface area contributed by atoms with Gasteiger partial charge in [0.05, 0.1) is 11.4 Å². The second kappa shape index (κ2) is 12.8. The van der Waals surface area contributed by atoms with Gasteiger partial charge in [-0.1, -0.05) is 165 Å². The van der Waals surface area contributed by atoms with Crippen molar-refractivity contribution in [1.82, 2.24) is 0 Å². The Morgan fingerprint density at radius 2 is 0.962 bits per heavy atom. The van der Waals surface area contributed by atoms with E-state index in [2.05, 4.69) is 157 Å². The van der Waals surface area contributed by atoms with Gasteiger partial charge in [0.25, 0.3) is 0 Å². The number of benzene rings is 8. The molecule has 254 valence electrons. The van der Waals surface area contributed by atoms with E-state index in [9.17, 15) is 0 Å². The SMILES string of the molecule is Fc1ccccc1-c1cccc2cccc(-c3ccccc3N(c3ccc4c(c3)C3(CCCC3)c3ccccc3-4)c3ccccc3-c3ccccc3)c12. The summed E-state index contributed by atoms with van der Waals surface area (Å²) >= 11 is 0. The number of rotatable bonds is 6. The molecular formula is C51H38FN. The molecule has 0 amide bonds. The molecule has 0 aliphatic heterocycles. The molecule has 0 unspecified atom stereocenters. The molecule has 1 nitrogen and oxygen atoms in total. The van der Waals surface area contributed by atoms with E-state index in [1.165, 1.54) is 53.5 Å². The van der Waals surface area contributed by atoms with Gasteiger partial charge in [-0.2, -0.15) is 0 Å². The van der Waals surface area contributed by atoms with Gasteiger partial charge in [0, 0.05) is 27.8 Å². The second-order valence-electron chi connectivity index (χ2n) is 14.5. The maximum atomic E-state index is 15.5. The van der Waals surface area contributed by atoms with E-state index in [0.29, 0.717) is 5.56 Å². The van der Waals surface area contributed by atoms with Crippen molar-refractivity contribution in [2.24, 2.45) is 0 Å². The van der Waals surface area contributed by atoms with Crippen LogP contribution >= 0.6 is 0 Å². The molecule has 2 aliphatic carbocycles. The summed E-state index contributed by atoms with van der Waals surface area (Å²) in [5, 5.41) is 2.12. The fourth-order valence-corrected chi connectivity index (χ4v) is 9.40. The van der Waals surface area contributed by atoms with Crippen molar-refractivity contribution in [2.75, 3.05) is 4.90 Å². The Bertz CT molecular complexity index is 2640. The molecule has 0 radical (unpaired) electrons. The zero-order valence-electron chi connectivity index (χ0n) is 29.5. The lowest BCUT2D eigenvalue weighted by Crippen LogP contribution is -2.21. The van der Waals surface area contributed by atoms with Crippen molar-refractivity contribution in [3.8, 4) is 44.5 Å². The van der Waals surface area contributed by atoms with Gasteiger partial charge in [0.1, 0.15) is 5.82 Å². The molecule has 0 bridgehead atoms. The molecule has 0 heterocycles. The molecular weight excluding hydrogens is 646 g/mol. The largest absolute Gasteiger partial charge is 0.309 e. The lowest BCUT2D eigenvalue weighted by atomic mass is 9.76. The van der Waals surface area contributed by atoms with Crippen LogP contribution in [0.5, 0.6) is 0 Å². The molecule has 0 saturated heterocycles. The molecule has 0 aromatic heterocycles. The third kappa shape index (κ3) is 5.04. The first-order valence-corrected chi connectivity index (χ1v) is 18.8. The van der Waals surface area contributed by atoms with Crippen LogP contribution in [-0.2, 0) is 5.41 Å². The van der Waals surface area contributed by atoms with Gasteiger partial charge >= 0.3 is 0 Å². The topological polar surface area (TPSA) is 3.24 Å². The van der Waals surface area contributed by atoms with E-state index in [1.807, 2.05) is 18.2 Å². The van der Waals surface area contributed by atoms with E-state index < -0.39 is 0 Å². The number of para-hydroxylation sites is 2. The number of fused-ring (bicyclic) bond motifs is 6. The van der Waals surface area contributed by atoms with Gasteiger partial charge in [-0.3, -0.25) is 0 Å². The second-order valence-corrected chi connectivity index (χ2v) is 14.5. The van der Waals surface area contributed by atoms with E-state index >= 15 is 4.39 Å². The number of hydrogen-bond acceptors (Lipinski definition) is 1. The van der Waals surface area contributed by atoms with Gasteiger partial charge in [-0.25, -0.2) is 4.39 Å². The lowest BCUT2D eigenvalue weighted by Gasteiger charge is -2.32. The standard InChI is InChI=1S/C51H38FN/c52-47-27-9-5-22-41(47)43-24-14-18-36-19-15-25-44(50(36)43)42-23-7-11-29-49(42)53(48-28-10-6-20-38(48)35-16-2-1-3-17-35)37-30-31-40-39-21-4-8-26-45(39)51(46(40)34-37)32-12-13-33-51/h1-11,14-31,34H,12-13,32-33H2. The van der Waals surface area contributed by atoms with Gasteiger partial charge in [0.15, 0.2) is 0 Å². The van der Waals surface area contributed by atoms with Crippen LogP contribution in [0.3, 0.4) is 0 Å². The zero-order chi connectivity index (χ0) is 35.4. The summed E-state index contributed by atoms with van der Waals surface area (Å²) in [5.74, 6) is -0.221. The van der Waals surface area contributed by atoms with Crippen LogP contribution in [0.1, 0.15) is 36.8 Å². The normalized spacial score (nSPS) is 14.0. The van der Waals surface area contributed by atoms with Crippen molar-refractivity contribution < 1.29 is 4.39 Å². The molecule has 1 fully saturated rings. The number of anilines is 3. The van der Waals surface area contributed by atoms with Gasteiger partial charge in [-0.15, -0.1) is 0 Å². The Hall–Kier alpha value is -6.25. The molecule has 8 aromatic carbocycles. The Morgan fingerprint density at radius 3 is 1.70 bits per heavy atom. The summed E-state index contributed by atoms with van der Waals surface area (Å²) in [6.45, 7) is 0. The van der Waals surface area contributed by atoms with Crippen molar-refractivity contribution in [1.29, 1.82) is 0 Å². The molecule has 1 spiro atoms. The molecule has 2 heteroatoms. The molecule has 53 heavy (non-hydrogen) atoms. The van der Waals surface area contributed by atoms with Crippen LogP contribution in [0.4, 0.5) is 21.5 Å². The highest BCUT2D eigenvalue weighted by molar-refractivity contribution is 6.09. The van der Waals surface area contributed by atoms with Gasteiger partial charge in [-0.05, 0) is 92.9 Å². The summed E-state index contributed by atoms with van der Waals surface area (Å²) < 4.78 is 15.5. The van der Waals surface area contributed by atoms with Crippen molar-refractivity contribution >= 4 is 27.8 Å². The Balaban J connectivity index is 1.25. The van der Waals surface area contributed by atoms with Crippen LogP contribution in [0.25, 0.3) is 55.3 Å². The van der Waals surface area contributed by atoms with Crippen molar-refractivity contribution in [2.45, 2.75) is 31.1 Å². The Kier molecular flexibility index (Phi) is 7.58. The first-order chi connectivity index (χ1) is 26.2. The van der Waals surface area contributed by atoms with Crippen LogP contribution < -0.4 is 4.90 Å². The number of nitrogens with zero attached hydrogens (tertiary/aromatic N) is 1. The summed E-state index contributed by atoms with van der Waals surface area (Å²) in [6, 6.07) is 64.2. The van der Waals surface area contributed by atoms with Crippen LogP contribution in [0.2, 0.25) is 0 Å². The summed E-state index contributed by atoms with van der Waals surface area (Å²) in [7, 11) is 0. The van der Waals surface area contributed by atoms with Gasteiger partial charge < -0.3 is 4.90 Å². The molecule has 10 rings (SSSR count). The van der Waals surface area contributed by atoms with Crippen LogP contribution in [0, 0.1) is 5.82 Å². The monoisotopic (exact) mass is 683 g/mol. The maximum Gasteiger partial charge on any atom is 0.131 e. The summed E-state index contributed by atoms with van der Waals surface area (Å²) in [6.07, 6.45) is 4.83. The Morgan fingerprint density at radius 1 is 0.415 bits per heavy atom. The summed E-state index contributed by atoms with van der Waals surface area (Å²) in [5.41, 5.74) is 15.0. The Labute approximate surface area is 310 Å². The quantitative estimate of drug-likeness (QED) is 0.169. The highest BCUT2D eigenvalue weighted by Crippen LogP contribution is 2.58. The average Bonchev–Trinajstić information content (AvgIpc) is 3.82. The predicted molar refractivity (Wildman–Crippen MR) is 220 cm³/mol. The average molecular weight is 684 g/mol. The lowest BCUT2D eigenvalue weighted by molar-refractivity contribution is 0.550.